The van der Waals surface area contributed by atoms with Crippen LogP contribution < -0.4 is 24.0 Å². The van der Waals surface area contributed by atoms with E-state index >= 15 is 0 Å². The summed E-state index contributed by atoms with van der Waals surface area (Å²) < 4.78 is 37.5. The van der Waals surface area contributed by atoms with E-state index in [1.165, 1.54) is 12.1 Å². The molecule has 0 N–H and O–H groups in total. The van der Waals surface area contributed by atoms with E-state index in [-0.39, 0.29) is 24.0 Å². The third kappa shape index (κ3) is 5.16. The molecule has 16 heavy (non-hydrogen) atoms. The van der Waals surface area contributed by atoms with Crippen molar-refractivity contribution in [2.45, 2.75) is 12.7 Å². The molecule has 92 valence electrons. The van der Waals surface area contributed by atoms with Crippen molar-refractivity contribution >= 4 is 0 Å². The standard InChI is InChI=1S/C11H15F3N.HI/c1-15(2,3)8-9-4-6-10(7-5-9)11(12,13)14;/h4-7H,8H2,1-3H3;1H/q+1;/p-1. The van der Waals surface area contributed by atoms with Gasteiger partial charge in [0.25, 0.3) is 0 Å². The zero-order chi connectivity index (χ0) is 11.7. The summed E-state index contributed by atoms with van der Waals surface area (Å²) in [5, 5.41) is 0. The minimum absolute atomic E-state index is 0. The summed E-state index contributed by atoms with van der Waals surface area (Å²) in [5.74, 6) is 0. The number of nitrogens with zero attached hydrogens (tertiary/aromatic N) is 1. The lowest BCUT2D eigenvalue weighted by molar-refractivity contribution is -0.884. The van der Waals surface area contributed by atoms with Gasteiger partial charge in [-0.2, -0.15) is 13.2 Å². The van der Waals surface area contributed by atoms with Gasteiger partial charge in [0.1, 0.15) is 6.54 Å². The molecule has 0 unspecified atom stereocenters. The lowest BCUT2D eigenvalue weighted by Gasteiger charge is -2.24. The molecule has 0 bridgehead atoms. The van der Waals surface area contributed by atoms with Crippen LogP contribution in [0.5, 0.6) is 0 Å². The molecule has 0 aliphatic rings. The van der Waals surface area contributed by atoms with Crippen molar-refractivity contribution in [3.63, 3.8) is 0 Å². The number of hydrogen-bond donors (Lipinski definition) is 0. The van der Waals surface area contributed by atoms with E-state index in [4.69, 9.17) is 0 Å². The van der Waals surface area contributed by atoms with Crippen molar-refractivity contribution in [3.8, 4) is 0 Å². The van der Waals surface area contributed by atoms with Gasteiger partial charge in [-0.25, -0.2) is 0 Å². The summed E-state index contributed by atoms with van der Waals surface area (Å²) >= 11 is 0. The summed E-state index contributed by atoms with van der Waals surface area (Å²) in [5.41, 5.74) is 0.322. The molecule has 0 aromatic heterocycles. The third-order valence-electron chi connectivity index (χ3n) is 1.94. The predicted octanol–water partition coefficient (Wildman–Crippen LogP) is -0.0844. The van der Waals surface area contributed by atoms with Crippen molar-refractivity contribution < 1.29 is 41.6 Å². The normalized spacial score (nSPS) is 12.1. The second-order valence-electron chi connectivity index (χ2n) is 4.64. The number of hydrogen-bond acceptors (Lipinski definition) is 0. The highest BCUT2D eigenvalue weighted by atomic mass is 127. The first-order valence-corrected chi connectivity index (χ1v) is 4.65. The Kier molecular flexibility index (Phi) is 5.25. The van der Waals surface area contributed by atoms with Gasteiger partial charge in [0.2, 0.25) is 0 Å². The second-order valence-corrected chi connectivity index (χ2v) is 4.64. The monoisotopic (exact) mass is 345 g/mol. The number of rotatable bonds is 2. The quantitative estimate of drug-likeness (QED) is 0.520. The molecule has 1 aromatic carbocycles. The molecule has 1 nitrogen and oxygen atoms in total. The number of halogens is 4. The molecule has 0 atom stereocenters. The van der Waals surface area contributed by atoms with Gasteiger partial charge >= 0.3 is 6.18 Å². The van der Waals surface area contributed by atoms with Crippen LogP contribution >= 0.6 is 0 Å². The second kappa shape index (κ2) is 5.35. The van der Waals surface area contributed by atoms with Crippen LogP contribution in [0.1, 0.15) is 11.1 Å². The Bertz CT molecular complexity index is 325. The van der Waals surface area contributed by atoms with Gasteiger partial charge < -0.3 is 28.5 Å². The van der Waals surface area contributed by atoms with Crippen LogP contribution in [-0.4, -0.2) is 25.6 Å². The van der Waals surface area contributed by atoms with Crippen molar-refractivity contribution in [1.82, 2.24) is 0 Å². The van der Waals surface area contributed by atoms with Crippen LogP contribution in [0.3, 0.4) is 0 Å². The predicted molar refractivity (Wildman–Crippen MR) is 53.2 cm³/mol. The Morgan fingerprint density at radius 2 is 1.44 bits per heavy atom. The molecule has 0 saturated carbocycles. The summed E-state index contributed by atoms with van der Waals surface area (Å²) in [4.78, 5) is 0. The van der Waals surface area contributed by atoms with E-state index in [9.17, 15) is 13.2 Å². The van der Waals surface area contributed by atoms with Gasteiger partial charge in [-0.05, 0) is 12.1 Å². The van der Waals surface area contributed by atoms with Crippen LogP contribution in [0.15, 0.2) is 24.3 Å². The molecule has 0 radical (unpaired) electrons. The third-order valence-corrected chi connectivity index (χ3v) is 1.94. The SMILES string of the molecule is C[N+](C)(C)Cc1ccc(C(F)(F)F)cc1.[I-]. The Morgan fingerprint density at radius 3 is 1.75 bits per heavy atom. The van der Waals surface area contributed by atoms with Gasteiger partial charge in [0.05, 0.1) is 26.7 Å². The Balaban J connectivity index is 0.00000225. The fourth-order valence-electron chi connectivity index (χ4n) is 1.35. The number of benzene rings is 1. The van der Waals surface area contributed by atoms with Crippen LogP contribution in [0.2, 0.25) is 0 Å². The molecule has 0 spiro atoms. The van der Waals surface area contributed by atoms with Gasteiger partial charge in [0.15, 0.2) is 0 Å². The van der Waals surface area contributed by atoms with Crippen molar-refractivity contribution in [2.24, 2.45) is 0 Å². The zero-order valence-corrected chi connectivity index (χ0v) is 11.6. The van der Waals surface area contributed by atoms with E-state index in [0.717, 1.165) is 24.2 Å². The topological polar surface area (TPSA) is 0 Å². The van der Waals surface area contributed by atoms with E-state index in [1.54, 1.807) is 0 Å². The van der Waals surface area contributed by atoms with Crippen LogP contribution in [-0.2, 0) is 12.7 Å². The van der Waals surface area contributed by atoms with Gasteiger partial charge in [-0.15, -0.1) is 0 Å². The van der Waals surface area contributed by atoms with Crippen molar-refractivity contribution in [1.29, 1.82) is 0 Å². The van der Waals surface area contributed by atoms with Crippen LogP contribution in [0, 0.1) is 0 Å². The summed E-state index contributed by atoms with van der Waals surface area (Å²) in [6.07, 6.45) is -4.24. The van der Waals surface area contributed by atoms with Crippen LogP contribution in [0.4, 0.5) is 13.2 Å². The summed E-state index contributed by atoms with van der Waals surface area (Å²) in [6.45, 7) is 0.720. The first-order valence-electron chi connectivity index (χ1n) is 4.65. The van der Waals surface area contributed by atoms with Crippen molar-refractivity contribution in [3.05, 3.63) is 35.4 Å². The average molecular weight is 345 g/mol. The maximum absolute atomic E-state index is 12.3. The molecule has 0 aliphatic heterocycles. The molecule has 0 heterocycles. The molecule has 1 rings (SSSR count). The summed E-state index contributed by atoms with van der Waals surface area (Å²) in [6, 6.07) is 5.33. The Labute approximate surface area is 111 Å². The van der Waals surface area contributed by atoms with Gasteiger partial charge in [-0.3, -0.25) is 0 Å². The van der Waals surface area contributed by atoms with E-state index in [0.29, 0.717) is 4.48 Å². The minimum Gasteiger partial charge on any atom is -1.00 e. The average Bonchev–Trinajstić information content (AvgIpc) is 2.00. The maximum atomic E-state index is 12.3. The molecule has 0 saturated heterocycles. The van der Waals surface area contributed by atoms with Gasteiger partial charge in [-0.1, -0.05) is 12.1 Å². The summed E-state index contributed by atoms with van der Waals surface area (Å²) in [7, 11) is 5.99. The first-order chi connectivity index (χ1) is 6.68. The molecule has 5 heteroatoms. The van der Waals surface area contributed by atoms with E-state index in [2.05, 4.69) is 0 Å². The molecule has 1 aromatic rings. The van der Waals surface area contributed by atoms with E-state index in [1.807, 2.05) is 21.1 Å². The highest BCUT2D eigenvalue weighted by Gasteiger charge is 2.30. The fraction of sp³-hybridized carbons (Fsp3) is 0.455. The minimum atomic E-state index is -4.24. The lowest BCUT2D eigenvalue weighted by Crippen LogP contribution is -3.00. The number of alkyl halides is 3. The molecule has 0 amide bonds. The van der Waals surface area contributed by atoms with Crippen molar-refractivity contribution in [2.75, 3.05) is 21.1 Å². The number of quaternary nitrogens is 1. The first kappa shape index (κ1) is 15.7. The van der Waals surface area contributed by atoms with E-state index < -0.39 is 11.7 Å². The lowest BCUT2D eigenvalue weighted by atomic mass is 10.1. The molecule has 0 aliphatic carbocycles. The molecular weight excluding hydrogens is 330 g/mol. The smallest absolute Gasteiger partial charge is 0.416 e. The molecule has 0 fully saturated rings. The highest BCUT2D eigenvalue weighted by molar-refractivity contribution is 5.24. The highest BCUT2D eigenvalue weighted by Crippen LogP contribution is 2.29. The largest absolute Gasteiger partial charge is 1.00 e. The fourth-order valence-corrected chi connectivity index (χ4v) is 1.35. The molecular formula is C11H15F3IN. The zero-order valence-electron chi connectivity index (χ0n) is 9.48. The Morgan fingerprint density at radius 1 is 1.00 bits per heavy atom. The Hall–Kier alpha value is -0.300. The maximum Gasteiger partial charge on any atom is 0.416 e. The van der Waals surface area contributed by atoms with Gasteiger partial charge in [0, 0.05) is 5.56 Å². The van der Waals surface area contributed by atoms with Crippen LogP contribution in [0.25, 0.3) is 0 Å².